The number of nitrogens with zero attached hydrogens (tertiary/aromatic N) is 2. The Morgan fingerprint density at radius 2 is 1.71 bits per heavy atom. The van der Waals surface area contributed by atoms with Gasteiger partial charge in [0.25, 0.3) is 5.91 Å². The molecule has 1 aliphatic rings. The predicted octanol–water partition coefficient (Wildman–Crippen LogP) is 3.19. The van der Waals surface area contributed by atoms with Crippen LogP contribution in [0.1, 0.15) is 56.2 Å². The number of rotatable bonds is 7. The van der Waals surface area contributed by atoms with Crippen molar-refractivity contribution < 1.29 is 24.9 Å². The molecular formula is C28H39N5O5. The summed E-state index contributed by atoms with van der Waals surface area (Å²) in [7, 11) is 1.00. The zero-order valence-corrected chi connectivity index (χ0v) is 22.5. The molecule has 1 fully saturated rings. The van der Waals surface area contributed by atoms with Crippen molar-refractivity contribution in [1.82, 2.24) is 10.2 Å². The molecule has 0 aromatic heterocycles. The van der Waals surface area contributed by atoms with Crippen LogP contribution >= 0.6 is 0 Å². The molecule has 206 valence electrons. The van der Waals surface area contributed by atoms with Crippen molar-refractivity contribution in [1.29, 1.82) is 10.8 Å². The summed E-state index contributed by atoms with van der Waals surface area (Å²) in [5, 5.41) is 47.7. The molecule has 1 amide bonds. The number of carbonyl (C=O) groups is 2. The van der Waals surface area contributed by atoms with Crippen LogP contribution in [-0.2, 0) is 16.1 Å². The van der Waals surface area contributed by atoms with E-state index >= 15 is 0 Å². The Bertz CT molecular complexity index is 1130. The number of phenolic OH excluding ortho intramolecular Hbond substituents is 2. The largest absolute Gasteiger partial charge is 0.508 e. The molecule has 0 spiro atoms. The molecule has 0 aliphatic carbocycles. The SMILES string of the molecule is CCNC(=O)C(=N)N(C(=N)c1cc(C(C)C)c(O)cc1O)c1ccc(CN2CCC(C=O)CC2)cc1.CO. The number of piperidine rings is 1. The van der Waals surface area contributed by atoms with Gasteiger partial charge in [0.1, 0.15) is 23.6 Å². The van der Waals surface area contributed by atoms with Gasteiger partial charge in [-0.15, -0.1) is 0 Å². The van der Waals surface area contributed by atoms with Gasteiger partial charge in [0.2, 0.25) is 0 Å². The van der Waals surface area contributed by atoms with Crippen molar-refractivity contribution in [2.75, 3.05) is 31.6 Å². The van der Waals surface area contributed by atoms with Gasteiger partial charge in [-0.2, -0.15) is 0 Å². The van der Waals surface area contributed by atoms with Crippen molar-refractivity contribution in [3.8, 4) is 11.5 Å². The molecule has 3 rings (SSSR count). The molecule has 10 nitrogen and oxygen atoms in total. The first-order valence-electron chi connectivity index (χ1n) is 12.7. The minimum absolute atomic E-state index is 0.0654. The predicted molar refractivity (Wildman–Crippen MR) is 148 cm³/mol. The topological polar surface area (TPSA) is 161 Å². The lowest BCUT2D eigenvalue weighted by Crippen LogP contribution is -2.46. The lowest BCUT2D eigenvalue weighted by atomic mass is 9.97. The van der Waals surface area contributed by atoms with E-state index in [4.69, 9.17) is 15.9 Å². The Kier molecular flexibility index (Phi) is 11.4. The van der Waals surface area contributed by atoms with Gasteiger partial charge >= 0.3 is 0 Å². The third-order valence-electron chi connectivity index (χ3n) is 6.45. The molecule has 2 aromatic carbocycles. The highest BCUT2D eigenvalue weighted by Crippen LogP contribution is 2.34. The van der Waals surface area contributed by atoms with Gasteiger partial charge in [-0.25, -0.2) is 0 Å². The second-order valence-electron chi connectivity index (χ2n) is 9.39. The number of likely N-dealkylation sites (N-methyl/N-ethyl adjacent to an activating group) is 1. The Balaban J connectivity index is 0.00000247. The first-order chi connectivity index (χ1) is 18.2. The van der Waals surface area contributed by atoms with Crippen LogP contribution in [0.25, 0.3) is 0 Å². The molecule has 10 heteroatoms. The number of hydrogen-bond acceptors (Lipinski definition) is 8. The molecule has 38 heavy (non-hydrogen) atoms. The van der Waals surface area contributed by atoms with Gasteiger partial charge in [-0.1, -0.05) is 26.0 Å². The minimum Gasteiger partial charge on any atom is -0.508 e. The van der Waals surface area contributed by atoms with Crippen LogP contribution in [-0.4, -0.2) is 70.8 Å². The fraction of sp³-hybridized carbons (Fsp3) is 0.429. The smallest absolute Gasteiger partial charge is 0.287 e. The van der Waals surface area contributed by atoms with E-state index in [1.54, 1.807) is 19.1 Å². The third-order valence-corrected chi connectivity index (χ3v) is 6.45. The molecule has 1 aliphatic heterocycles. The molecule has 1 saturated heterocycles. The Hall–Kier alpha value is -3.76. The maximum absolute atomic E-state index is 12.6. The molecule has 0 unspecified atom stereocenters. The summed E-state index contributed by atoms with van der Waals surface area (Å²) < 4.78 is 0. The Labute approximate surface area is 223 Å². The summed E-state index contributed by atoms with van der Waals surface area (Å²) >= 11 is 0. The number of anilines is 1. The summed E-state index contributed by atoms with van der Waals surface area (Å²) in [6, 6.07) is 9.98. The van der Waals surface area contributed by atoms with Gasteiger partial charge in [-0.05, 0) is 68.1 Å². The number of aromatic hydroxyl groups is 2. The van der Waals surface area contributed by atoms with Gasteiger partial charge in [-0.3, -0.25) is 25.4 Å². The van der Waals surface area contributed by atoms with Crippen LogP contribution in [0, 0.1) is 16.7 Å². The number of amides is 1. The van der Waals surface area contributed by atoms with E-state index in [0.717, 1.165) is 44.9 Å². The fourth-order valence-electron chi connectivity index (χ4n) is 4.34. The van der Waals surface area contributed by atoms with E-state index in [1.807, 2.05) is 26.0 Å². The zero-order valence-electron chi connectivity index (χ0n) is 22.5. The van der Waals surface area contributed by atoms with Crippen molar-refractivity contribution in [2.24, 2.45) is 5.92 Å². The number of likely N-dealkylation sites (tertiary alicyclic amines) is 1. The maximum atomic E-state index is 12.6. The summed E-state index contributed by atoms with van der Waals surface area (Å²) in [6.45, 7) is 8.25. The zero-order chi connectivity index (χ0) is 28.4. The normalized spacial score (nSPS) is 13.8. The van der Waals surface area contributed by atoms with Crippen molar-refractivity contribution in [3.05, 3.63) is 53.1 Å². The highest BCUT2D eigenvalue weighted by atomic mass is 16.3. The van der Waals surface area contributed by atoms with Crippen molar-refractivity contribution in [2.45, 2.75) is 46.1 Å². The van der Waals surface area contributed by atoms with Crippen LogP contribution in [0.4, 0.5) is 5.69 Å². The molecule has 1 heterocycles. The maximum Gasteiger partial charge on any atom is 0.287 e. The average Bonchev–Trinajstić information content (AvgIpc) is 2.91. The standard InChI is InChI=1S/C27H35N5O4.CH4O/c1-4-30-27(36)26(29)32(25(28)22-13-21(17(2)3)23(34)14-24(22)35)20-7-5-18(6-8-20)15-31-11-9-19(16-33)10-12-31;1-2/h5-8,13-14,16-17,19,28-29,34-35H,4,9-12,15H2,1-3H3,(H,30,36);2H,1H3. The number of nitrogens with one attached hydrogen (secondary N) is 3. The van der Waals surface area contributed by atoms with Gasteiger partial charge in [0.05, 0.1) is 5.56 Å². The molecule has 0 atom stereocenters. The summed E-state index contributed by atoms with van der Waals surface area (Å²) in [4.78, 5) is 27.0. The highest BCUT2D eigenvalue weighted by Gasteiger charge is 2.27. The second-order valence-corrected chi connectivity index (χ2v) is 9.39. The first kappa shape index (κ1) is 30.5. The van der Waals surface area contributed by atoms with Gasteiger partial charge in [0, 0.05) is 37.9 Å². The van der Waals surface area contributed by atoms with E-state index in [-0.39, 0.29) is 34.7 Å². The van der Waals surface area contributed by atoms with E-state index < -0.39 is 11.7 Å². The fourth-order valence-corrected chi connectivity index (χ4v) is 4.34. The van der Waals surface area contributed by atoms with E-state index in [9.17, 15) is 19.8 Å². The van der Waals surface area contributed by atoms with Crippen LogP contribution in [0.5, 0.6) is 11.5 Å². The van der Waals surface area contributed by atoms with Crippen LogP contribution in [0.3, 0.4) is 0 Å². The molecule has 0 radical (unpaired) electrons. The average molecular weight is 526 g/mol. The van der Waals surface area contributed by atoms with Crippen molar-refractivity contribution >= 4 is 29.6 Å². The molecule has 6 N–H and O–H groups in total. The second kappa shape index (κ2) is 14.3. The number of amidine groups is 2. The number of aliphatic hydroxyl groups excluding tert-OH is 1. The molecule has 2 aromatic rings. The number of benzene rings is 2. The summed E-state index contributed by atoms with van der Waals surface area (Å²) in [5.41, 5.74) is 2.12. The minimum atomic E-state index is -0.647. The van der Waals surface area contributed by atoms with Crippen LogP contribution < -0.4 is 10.2 Å². The number of hydrogen-bond donors (Lipinski definition) is 6. The van der Waals surface area contributed by atoms with Gasteiger partial charge in [0.15, 0.2) is 5.84 Å². The third kappa shape index (κ3) is 7.39. The molecule has 0 bridgehead atoms. The van der Waals surface area contributed by atoms with E-state index in [1.165, 1.54) is 17.0 Å². The Morgan fingerprint density at radius 1 is 1.11 bits per heavy atom. The van der Waals surface area contributed by atoms with Crippen LogP contribution in [0.15, 0.2) is 36.4 Å². The monoisotopic (exact) mass is 525 g/mol. The number of aldehydes is 1. The van der Waals surface area contributed by atoms with Crippen LogP contribution in [0.2, 0.25) is 0 Å². The summed E-state index contributed by atoms with van der Waals surface area (Å²) in [6.07, 6.45) is 2.74. The lowest BCUT2D eigenvalue weighted by Gasteiger charge is -2.30. The number of phenols is 2. The number of carbonyl (C=O) groups excluding carboxylic acids is 2. The van der Waals surface area contributed by atoms with Gasteiger partial charge < -0.3 is 25.4 Å². The lowest BCUT2D eigenvalue weighted by molar-refractivity contribution is -0.115. The first-order valence-corrected chi connectivity index (χ1v) is 12.7. The molecule has 0 saturated carbocycles. The van der Waals surface area contributed by atoms with E-state index in [0.29, 0.717) is 24.3 Å². The number of aliphatic hydroxyl groups is 1. The quantitative estimate of drug-likeness (QED) is 0.184. The van der Waals surface area contributed by atoms with Crippen molar-refractivity contribution in [3.63, 3.8) is 0 Å². The highest BCUT2D eigenvalue weighted by molar-refractivity contribution is 6.48. The molecular weight excluding hydrogens is 486 g/mol. The van der Waals surface area contributed by atoms with E-state index in [2.05, 4.69) is 10.2 Å². The summed E-state index contributed by atoms with van der Waals surface area (Å²) in [5.74, 6) is -1.68. The Morgan fingerprint density at radius 3 is 2.24 bits per heavy atom.